The molecule has 1 unspecified atom stereocenters. The number of nitrogen functional groups attached to an aromatic ring is 2. The van der Waals surface area contributed by atoms with Crippen LogP contribution in [-0.4, -0.2) is 37.4 Å². The minimum absolute atomic E-state index is 0.0260. The second kappa shape index (κ2) is 15.0. The SMILES string of the molecule is C=CCOC1CCC(OC(=O)c2ccc(C=CC(=O)OCC(CCCC)c3cc(N)cc(N)c3)cc2)CC1. The van der Waals surface area contributed by atoms with Gasteiger partial charge in [-0.15, -0.1) is 6.58 Å². The lowest BCUT2D eigenvalue weighted by molar-refractivity contribution is -0.138. The quantitative estimate of drug-likeness (QED) is 0.143. The molecule has 4 N–H and O–H groups in total. The van der Waals surface area contributed by atoms with Crippen LogP contribution < -0.4 is 11.5 Å². The minimum atomic E-state index is -0.431. The average Bonchev–Trinajstić information content (AvgIpc) is 2.91. The van der Waals surface area contributed by atoms with E-state index in [1.807, 2.05) is 12.1 Å². The summed E-state index contributed by atoms with van der Waals surface area (Å²) in [6, 6.07) is 12.5. The number of esters is 2. The number of carbonyl (C=O) groups is 2. The van der Waals surface area contributed by atoms with Gasteiger partial charge in [-0.3, -0.25) is 0 Å². The monoisotopic (exact) mass is 520 g/mol. The molecule has 0 bridgehead atoms. The van der Waals surface area contributed by atoms with Crippen LogP contribution in [0, 0.1) is 0 Å². The molecule has 7 nitrogen and oxygen atoms in total. The van der Waals surface area contributed by atoms with Gasteiger partial charge in [-0.25, -0.2) is 9.59 Å². The molecular formula is C31H40N2O5. The molecule has 0 aromatic heterocycles. The minimum Gasteiger partial charge on any atom is -0.462 e. The molecule has 1 fully saturated rings. The predicted molar refractivity (Wildman–Crippen MR) is 152 cm³/mol. The van der Waals surface area contributed by atoms with Crippen LogP contribution in [0.2, 0.25) is 0 Å². The molecule has 7 heteroatoms. The van der Waals surface area contributed by atoms with Crippen molar-refractivity contribution in [3.05, 3.63) is 77.9 Å². The Morgan fingerprint density at radius 1 is 1.03 bits per heavy atom. The first kappa shape index (κ1) is 29.0. The second-order valence-electron chi connectivity index (χ2n) is 9.78. The highest BCUT2D eigenvalue weighted by Crippen LogP contribution is 2.27. The molecule has 0 spiro atoms. The van der Waals surface area contributed by atoms with Gasteiger partial charge in [-0.05, 0) is 79.6 Å². The first-order valence-corrected chi connectivity index (χ1v) is 13.4. The van der Waals surface area contributed by atoms with E-state index >= 15 is 0 Å². The van der Waals surface area contributed by atoms with Crippen molar-refractivity contribution in [2.75, 3.05) is 24.7 Å². The standard InChI is InChI=1S/C31H40N2O5/c1-3-5-6-24(25-18-26(32)20-27(33)19-25)21-37-30(34)16-9-22-7-10-23(11-8-22)31(35)38-29-14-12-28(13-15-29)36-17-4-2/h4,7-11,16,18-20,24,28-29H,2-3,5-6,12-15,17,21,32-33H2,1H3. The molecule has 0 amide bonds. The van der Waals surface area contributed by atoms with Gasteiger partial charge in [0.05, 0.1) is 24.9 Å². The van der Waals surface area contributed by atoms with Gasteiger partial charge < -0.3 is 25.7 Å². The van der Waals surface area contributed by atoms with E-state index in [1.54, 1.807) is 42.5 Å². The molecule has 0 heterocycles. The number of benzene rings is 2. The Bertz CT molecular complexity index is 1070. The van der Waals surface area contributed by atoms with Crippen molar-refractivity contribution in [1.29, 1.82) is 0 Å². The molecule has 2 aromatic rings. The lowest BCUT2D eigenvalue weighted by Crippen LogP contribution is -2.28. The van der Waals surface area contributed by atoms with Crippen LogP contribution in [0.5, 0.6) is 0 Å². The summed E-state index contributed by atoms with van der Waals surface area (Å²) in [6.45, 7) is 6.59. The second-order valence-corrected chi connectivity index (χ2v) is 9.78. The van der Waals surface area contributed by atoms with Crippen LogP contribution in [-0.2, 0) is 19.0 Å². The Hall–Kier alpha value is -3.58. The number of ether oxygens (including phenoxy) is 3. The fraction of sp³-hybridized carbons (Fsp3) is 0.419. The largest absolute Gasteiger partial charge is 0.462 e. The smallest absolute Gasteiger partial charge is 0.338 e. The van der Waals surface area contributed by atoms with Crippen molar-refractivity contribution in [3.8, 4) is 0 Å². The Kier molecular flexibility index (Phi) is 11.4. The zero-order valence-electron chi connectivity index (χ0n) is 22.3. The Morgan fingerprint density at radius 3 is 2.32 bits per heavy atom. The highest BCUT2D eigenvalue weighted by Gasteiger charge is 2.24. The van der Waals surface area contributed by atoms with Crippen LogP contribution >= 0.6 is 0 Å². The molecule has 3 rings (SSSR count). The lowest BCUT2D eigenvalue weighted by Gasteiger charge is -2.28. The summed E-state index contributed by atoms with van der Waals surface area (Å²) in [5.74, 6) is -0.742. The number of rotatable bonds is 13. The number of unbranched alkanes of at least 4 members (excludes halogenated alkanes) is 1. The third-order valence-corrected chi connectivity index (χ3v) is 6.71. The highest BCUT2D eigenvalue weighted by atomic mass is 16.5. The van der Waals surface area contributed by atoms with E-state index in [9.17, 15) is 9.59 Å². The van der Waals surface area contributed by atoms with Crippen molar-refractivity contribution in [3.63, 3.8) is 0 Å². The van der Waals surface area contributed by atoms with Gasteiger partial charge in [0, 0.05) is 23.4 Å². The van der Waals surface area contributed by atoms with E-state index in [-0.39, 0.29) is 30.7 Å². The van der Waals surface area contributed by atoms with Crippen molar-refractivity contribution >= 4 is 29.4 Å². The fourth-order valence-corrected chi connectivity index (χ4v) is 4.60. The first-order valence-electron chi connectivity index (χ1n) is 13.4. The number of hydrogen-bond acceptors (Lipinski definition) is 7. The van der Waals surface area contributed by atoms with Gasteiger partial charge in [-0.2, -0.15) is 0 Å². The van der Waals surface area contributed by atoms with E-state index in [4.69, 9.17) is 25.7 Å². The third kappa shape index (κ3) is 9.38. The van der Waals surface area contributed by atoms with Crippen molar-refractivity contribution in [2.45, 2.75) is 70.0 Å². The zero-order valence-corrected chi connectivity index (χ0v) is 22.3. The summed E-state index contributed by atoms with van der Waals surface area (Å²) in [5.41, 5.74) is 15.3. The summed E-state index contributed by atoms with van der Waals surface area (Å²) < 4.78 is 16.9. The third-order valence-electron chi connectivity index (χ3n) is 6.71. The summed E-state index contributed by atoms with van der Waals surface area (Å²) in [4.78, 5) is 24.9. The normalized spacial score (nSPS) is 18.1. The van der Waals surface area contributed by atoms with Crippen LogP contribution in [0.3, 0.4) is 0 Å². The maximum Gasteiger partial charge on any atom is 0.338 e. The van der Waals surface area contributed by atoms with E-state index < -0.39 is 5.97 Å². The van der Waals surface area contributed by atoms with Gasteiger partial charge in [0.15, 0.2) is 0 Å². The number of hydrogen-bond donors (Lipinski definition) is 2. The van der Waals surface area contributed by atoms with E-state index in [0.29, 0.717) is 23.5 Å². The maximum absolute atomic E-state index is 12.6. The van der Waals surface area contributed by atoms with Crippen molar-refractivity contribution < 1.29 is 23.8 Å². The van der Waals surface area contributed by atoms with E-state index in [2.05, 4.69) is 13.5 Å². The molecule has 0 aliphatic heterocycles. The molecular weight excluding hydrogens is 480 g/mol. The van der Waals surface area contributed by atoms with Crippen LogP contribution in [0.25, 0.3) is 6.08 Å². The number of nitrogens with two attached hydrogens (primary N) is 2. The Morgan fingerprint density at radius 2 is 1.68 bits per heavy atom. The topological polar surface area (TPSA) is 114 Å². The summed E-state index contributed by atoms with van der Waals surface area (Å²) in [6.07, 6.45) is 11.2. The molecule has 0 radical (unpaired) electrons. The van der Waals surface area contributed by atoms with E-state index in [1.165, 1.54) is 6.08 Å². The van der Waals surface area contributed by atoms with Gasteiger partial charge in [0.25, 0.3) is 0 Å². The maximum atomic E-state index is 12.6. The highest BCUT2D eigenvalue weighted by molar-refractivity contribution is 5.90. The molecule has 1 aliphatic carbocycles. The molecule has 1 atom stereocenters. The molecule has 38 heavy (non-hydrogen) atoms. The van der Waals surface area contributed by atoms with Crippen LogP contribution in [0.15, 0.2) is 61.2 Å². The van der Waals surface area contributed by atoms with Gasteiger partial charge in [0.2, 0.25) is 0 Å². The number of anilines is 2. The molecule has 0 saturated heterocycles. The average molecular weight is 521 g/mol. The van der Waals surface area contributed by atoms with Crippen LogP contribution in [0.1, 0.15) is 79.3 Å². The summed E-state index contributed by atoms with van der Waals surface area (Å²) in [5, 5.41) is 0. The van der Waals surface area contributed by atoms with Gasteiger partial charge >= 0.3 is 11.9 Å². The van der Waals surface area contributed by atoms with Crippen LogP contribution in [0.4, 0.5) is 11.4 Å². The number of carbonyl (C=O) groups excluding carboxylic acids is 2. The molecule has 1 saturated carbocycles. The first-order chi connectivity index (χ1) is 18.4. The predicted octanol–water partition coefficient (Wildman–Crippen LogP) is 6.05. The van der Waals surface area contributed by atoms with Crippen molar-refractivity contribution in [2.24, 2.45) is 0 Å². The Balaban J connectivity index is 1.48. The fourth-order valence-electron chi connectivity index (χ4n) is 4.60. The van der Waals surface area contributed by atoms with Crippen molar-refractivity contribution in [1.82, 2.24) is 0 Å². The molecule has 204 valence electrons. The summed E-state index contributed by atoms with van der Waals surface area (Å²) in [7, 11) is 0. The van der Waals surface area contributed by atoms with Gasteiger partial charge in [-0.1, -0.05) is 38.0 Å². The summed E-state index contributed by atoms with van der Waals surface area (Å²) >= 11 is 0. The lowest BCUT2D eigenvalue weighted by atomic mass is 9.93. The molecule has 2 aromatic carbocycles. The van der Waals surface area contributed by atoms with E-state index in [0.717, 1.165) is 56.1 Å². The van der Waals surface area contributed by atoms with Gasteiger partial charge in [0.1, 0.15) is 6.10 Å². The Labute approximate surface area is 225 Å². The zero-order chi connectivity index (χ0) is 27.3. The molecule has 1 aliphatic rings.